The van der Waals surface area contributed by atoms with Gasteiger partial charge in [-0.25, -0.2) is 0 Å². The van der Waals surface area contributed by atoms with E-state index in [2.05, 4.69) is 5.10 Å². The fourth-order valence-electron chi connectivity index (χ4n) is 2.96. The van der Waals surface area contributed by atoms with Crippen molar-refractivity contribution < 1.29 is 9.90 Å². The summed E-state index contributed by atoms with van der Waals surface area (Å²) in [5, 5.41) is 13.5. The molecule has 0 radical (unpaired) electrons. The summed E-state index contributed by atoms with van der Waals surface area (Å²) in [5.41, 5.74) is 16.3. The number of aliphatic carboxylic acids is 1. The first-order chi connectivity index (χ1) is 10.1. The highest BCUT2D eigenvalue weighted by Crippen LogP contribution is 2.36. The molecule has 1 aliphatic carbocycles. The summed E-state index contributed by atoms with van der Waals surface area (Å²) in [6.45, 7) is -0.141. The lowest BCUT2D eigenvalue weighted by molar-refractivity contribution is -0.137. The molecule has 0 amide bonds. The Morgan fingerprint density at radius 1 is 1.48 bits per heavy atom. The molecule has 2 aromatic rings. The van der Waals surface area contributed by atoms with E-state index in [9.17, 15) is 4.79 Å². The number of carboxylic acids is 1. The van der Waals surface area contributed by atoms with E-state index >= 15 is 0 Å². The number of anilines is 1. The van der Waals surface area contributed by atoms with Crippen LogP contribution >= 0.6 is 0 Å². The van der Waals surface area contributed by atoms with Gasteiger partial charge in [-0.3, -0.25) is 9.48 Å². The van der Waals surface area contributed by atoms with Gasteiger partial charge in [0.1, 0.15) is 6.54 Å². The molecule has 0 saturated heterocycles. The third-order valence-corrected chi connectivity index (χ3v) is 3.84. The van der Waals surface area contributed by atoms with Crippen LogP contribution in [-0.4, -0.2) is 20.9 Å². The van der Waals surface area contributed by atoms with Gasteiger partial charge in [-0.1, -0.05) is 12.1 Å². The van der Waals surface area contributed by atoms with Gasteiger partial charge < -0.3 is 16.6 Å². The molecule has 0 spiro atoms. The number of aromatic nitrogens is 2. The minimum absolute atomic E-state index is 0.104. The minimum Gasteiger partial charge on any atom is -0.480 e. The Bertz CT molecular complexity index is 693. The Labute approximate surface area is 122 Å². The van der Waals surface area contributed by atoms with Gasteiger partial charge in [0.25, 0.3) is 0 Å². The van der Waals surface area contributed by atoms with Crippen molar-refractivity contribution in [2.45, 2.75) is 31.8 Å². The summed E-state index contributed by atoms with van der Waals surface area (Å²) in [6.07, 6.45) is 2.66. The van der Waals surface area contributed by atoms with E-state index in [1.54, 1.807) is 4.68 Å². The van der Waals surface area contributed by atoms with Gasteiger partial charge in [0.2, 0.25) is 0 Å². The Balaban J connectivity index is 2.16. The van der Waals surface area contributed by atoms with E-state index in [1.807, 2.05) is 24.3 Å². The SMILES string of the molecule is Nc1cccc(-c2nn(CC(=O)O)c3c2C(N)CCC3)c1. The first kappa shape index (κ1) is 13.6. The lowest BCUT2D eigenvalue weighted by atomic mass is 9.89. The zero-order valence-corrected chi connectivity index (χ0v) is 11.6. The second kappa shape index (κ2) is 5.21. The molecule has 6 heteroatoms. The number of benzene rings is 1. The number of nitrogens with two attached hydrogens (primary N) is 2. The standard InChI is InChI=1S/C15H18N4O2/c16-10-4-1-3-9(7-10)15-14-11(17)5-2-6-12(14)19(18-15)8-13(20)21/h1,3-4,7,11H,2,5-6,8,16-17H2,(H,20,21). The van der Waals surface area contributed by atoms with Crippen molar-refractivity contribution in [3.05, 3.63) is 35.5 Å². The van der Waals surface area contributed by atoms with E-state index < -0.39 is 5.97 Å². The number of fused-ring (bicyclic) bond motifs is 1. The summed E-state index contributed by atoms with van der Waals surface area (Å²) in [6, 6.07) is 7.33. The molecule has 1 aliphatic rings. The third kappa shape index (κ3) is 2.50. The minimum atomic E-state index is -0.904. The Morgan fingerprint density at radius 3 is 3.00 bits per heavy atom. The molecular weight excluding hydrogens is 268 g/mol. The zero-order chi connectivity index (χ0) is 15.0. The maximum atomic E-state index is 11.0. The Hall–Kier alpha value is -2.34. The average molecular weight is 286 g/mol. The molecule has 5 N–H and O–H groups in total. The monoisotopic (exact) mass is 286 g/mol. The summed E-state index contributed by atoms with van der Waals surface area (Å²) in [5.74, 6) is -0.904. The van der Waals surface area contributed by atoms with Crippen LogP contribution in [0.25, 0.3) is 11.3 Å². The molecule has 3 rings (SSSR count). The highest BCUT2D eigenvalue weighted by atomic mass is 16.4. The van der Waals surface area contributed by atoms with Gasteiger partial charge in [-0.15, -0.1) is 0 Å². The first-order valence-corrected chi connectivity index (χ1v) is 6.99. The molecule has 0 aliphatic heterocycles. The van der Waals surface area contributed by atoms with Crippen LogP contribution in [0.3, 0.4) is 0 Å². The number of carboxylic acid groups (broad SMARTS) is 1. The number of hydrogen-bond acceptors (Lipinski definition) is 4. The average Bonchev–Trinajstić information content (AvgIpc) is 2.78. The van der Waals surface area contributed by atoms with Crippen LogP contribution in [-0.2, 0) is 17.8 Å². The predicted octanol–water partition coefficient (Wildman–Crippen LogP) is 1.55. The number of rotatable bonds is 3. The van der Waals surface area contributed by atoms with Crippen LogP contribution in [0, 0.1) is 0 Å². The predicted molar refractivity (Wildman–Crippen MR) is 79.6 cm³/mol. The summed E-state index contributed by atoms with van der Waals surface area (Å²) < 4.78 is 1.56. The van der Waals surface area contributed by atoms with Crippen LogP contribution in [0.1, 0.15) is 30.1 Å². The Kier molecular flexibility index (Phi) is 3.39. The van der Waals surface area contributed by atoms with Crippen LogP contribution in [0.15, 0.2) is 24.3 Å². The second-order valence-corrected chi connectivity index (χ2v) is 5.38. The Morgan fingerprint density at radius 2 is 2.29 bits per heavy atom. The molecule has 1 unspecified atom stereocenters. The van der Waals surface area contributed by atoms with Crippen molar-refractivity contribution >= 4 is 11.7 Å². The van der Waals surface area contributed by atoms with Crippen LogP contribution in [0.4, 0.5) is 5.69 Å². The van der Waals surface area contributed by atoms with Crippen LogP contribution < -0.4 is 11.5 Å². The normalized spacial score (nSPS) is 17.5. The zero-order valence-electron chi connectivity index (χ0n) is 11.6. The smallest absolute Gasteiger partial charge is 0.325 e. The third-order valence-electron chi connectivity index (χ3n) is 3.84. The van der Waals surface area contributed by atoms with E-state index in [4.69, 9.17) is 16.6 Å². The fourth-order valence-corrected chi connectivity index (χ4v) is 2.96. The van der Waals surface area contributed by atoms with Gasteiger partial charge in [-0.2, -0.15) is 5.10 Å². The quantitative estimate of drug-likeness (QED) is 0.742. The molecule has 110 valence electrons. The van der Waals surface area contributed by atoms with Crippen molar-refractivity contribution in [1.29, 1.82) is 0 Å². The van der Waals surface area contributed by atoms with E-state index in [1.165, 1.54) is 0 Å². The summed E-state index contributed by atoms with van der Waals surface area (Å²) >= 11 is 0. The molecule has 0 fully saturated rings. The van der Waals surface area contributed by atoms with Crippen molar-refractivity contribution in [2.75, 3.05) is 5.73 Å². The number of nitrogen functional groups attached to an aromatic ring is 1. The molecule has 0 saturated carbocycles. The summed E-state index contributed by atoms with van der Waals surface area (Å²) in [4.78, 5) is 11.0. The number of hydrogen-bond donors (Lipinski definition) is 3. The molecule has 1 heterocycles. The van der Waals surface area contributed by atoms with E-state index in [0.29, 0.717) is 5.69 Å². The molecule has 1 atom stereocenters. The van der Waals surface area contributed by atoms with Crippen molar-refractivity contribution in [3.8, 4) is 11.3 Å². The number of carbonyl (C=O) groups is 1. The second-order valence-electron chi connectivity index (χ2n) is 5.38. The molecule has 21 heavy (non-hydrogen) atoms. The molecule has 0 bridgehead atoms. The van der Waals surface area contributed by atoms with Crippen molar-refractivity contribution in [2.24, 2.45) is 5.73 Å². The lowest BCUT2D eigenvalue weighted by Crippen LogP contribution is -2.20. The largest absolute Gasteiger partial charge is 0.480 e. The van der Waals surface area contributed by atoms with Gasteiger partial charge in [0.05, 0.1) is 5.69 Å². The van der Waals surface area contributed by atoms with E-state index in [0.717, 1.165) is 41.8 Å². The van der Waals surface area contributed by atoms with E-state index in [-0.39, 0.29) is 12.6 Å². The maximum Gasteiger partial charge on any atom is 0.325 e. The number of nitrogens with zero attached hydrogens (tertiary/aromatic N) is 2. The van der Waals surface area contributed by atoms with Crippen LogP contribution in [0.2, 0.25) is 0 Å². The van der Waals surface area contributed by atoms with Crippen molar-refractivity contribution in [3.63, 3.8) is 0 Å². The lowest BCUT2D eigenvalue weighted by Gasteiger charge is -2.20. The van der Waals surface area contributed by atoms with Crippen LogP contribution in [0.5, 0.6) is 0 Å². The maximum absolute atomic E-state index is 11.0. The first-order valence-electron chi connectivity index (χ1n) is 6.99. The summed E-state index contributed by atoms with van der Waals surface area (Å²) in [7, 11) is 0. The van der Waals surface area contributed by atoms with Gasteiger partial charge in [-0.05, 0) is 31.4 Å². The van der Waals surface area contributed by atoms with Gasteiger partial charge in [0, 0.05) is 28.6 Å². The van der Waals surface area contributed by atoms with Gasteiger partial charge >= 0.3 is 5.97 Å². The van der Waals surface area contributed by atoms with Crippen molar-refractivity contribution in [1.82, 2.24) is 9.78 Å². The molecule has 6 nitrogen and oxygen atoms in total. The van der Waals surface area contributed by atoms with Gasteiger partial charge in [0.15, 0.2) is 0 Å². The highest BCUT2D eigenvalue weighted by Gasteiger charge is 2.27. The molecule has 1 aromatic carbocycles. The molecular formula is C15H18N4O2. The highest BCUT2D eigenvalue weighted by molar-refractivity contribution is 5.70. The fraction of sp³-hybridized carbons (Fsp3) is 0.333. The molecule has 1 aromatic heterocycles. The topological polar surface area (TPSA) is 107 Å².